The topological polar surface area (TPSA) is 29.5 Å². The number of hydrogen-bond acceptors (Lipinski definition) is 2. The van der Waals surface area contributed by atoms with Crippen LogP contribution in [-0.2, 0) is 4.74 Å². The van der Waals surface area contributed by atoms with E-state index in [2.05, 4.69) is 6.92 Å². The first kappa shape index (κ1) is 10.4. The lowest BCUT2D eigenvalue weighted by Gasteiger charge is -2.44. The molecule has 0 aromatic heterocycles. The number of hydrogen-bond donors (Lipinski definition) is 1. The summed E-state index contributed by atoms with van der Waals surface area (Å²) in [6.07, 6.45) is 8.38. The van der Waals surface area contributed by atoms with Gasteiger partial charge in [0.2, 0.25) is 0 Å². The molecule has 2 fully saturated rings. The number of aliphatic hydroxyl groups is 1. The Morgan fingerprint density at radius 2 is 1.93 bits per heavy atom. The Morgan fingerprint density at radius 1 is 1.21 bits per heavy atom. The average molecular weight is 198 g/mol. The predicted octanol–water partition coefficient (Wildman–Crippen LogP) is 2.50. The molecular weight excluding hydrogens is 176 g/mol. The molecule has 82 valence electrons. The summed E-state index contributed by atoms with van der Waals surface area (Å²) in [5.41, 5.74) is 0.527. The third-order valence-corrected chi connectivity index (χ3v) is 4.09. The van der Waals surface area contributed by atoms with Crippen molar-refractivity contribution >= 4 is 0 Å². The fourth-order valence-corrected chi connectivity index (χ4v) is 3.25. The standard InChI is InChI=1S/C12H22O2/c1-11(6-8-13)7-9-14-12(10-11)4-2-3-5-12/h13H,2-10H2,1H3. The first-order chi connectivity index (χ1) is 6.68. The maximum Gasteiger partial charge on any atom is 0.0687 e. The van der Waals surface area contributed by atoms with Crippen LogP contribution in [0.2, 0.25) is 0 Å². The maximum absolute atomic E-state index is 9.07. The summed E-state index contributed by atoms with van der Waals surface area (Å²) in [7, 11) is 0. The smallest absolute Gasteiger partial charge is 0.0687 e. The molecule has 1 heterocycles. The summed E-state index contributed by atoms with van der Waals surface area (Å²) in [6, 6.07) is 0. The first-order valence-electron chi connectivity index (χ1n) is 5.93. The van der Waals surface area contributed by atoms with Crippen molar-refractivity contribution in [3.05, 3.63) is 0 Å². The molecule has 14 heavy (non-hydrogen) atoms. The number of ether oxygens (including phenoxy) is 1. The molecule has 0 radical (unpaired) electrons. The first-order valence-corrected chi connectivity index (χ1v) is 5.93. The van der Waals surface area contributed by atoms with Crippen LogP contribution in [0, 0.1) is 5.41 Å². The fraction of sp³-hybridized carbons (Fsp3) is 1.00. The van der Waals surface area contributed by atoms with E-state index in [1.165, 1.54) is 32.1 Å². The lowest BCUT2D eigenvalue weighted by molar-refractivity contribution is -0.122. The molecule has 0 amide bonds. The van der Waals surface area contributed by atoms with Crippen LogP contribution < -0.4 is 0 Å². The summed E-state index contributed by atoms with van der Waals surface area (Å²) in [5.74, 6) is 0. The molecule has 1 spiro atoms. The van der Waals surface area contributed by atoms with E-state index in [9.17, 15) is 0 Å². The summed E-state index contributed by atoms with van der Waals surface area (Å²) >= 11 is 0. The highest BCUT2D eigenvalue weighted by Crippen LogP contribution is 2.48. The maximum atomic E-state index is 9.07. The summed E-state index contributed by atoms with van der Waals surface area (Å²) in [6.45, 7) is 3.54. The third kappa shape index (κ3) is 1.96. The minimum Gasteiger partial charge on any atom is -0.396 e. The molecule has 0 aromatic carbocycles. The fourth-order valence-electron chi connectivity index (χ4n) is 3.25. The lowest BCUT2D eigenvalue weighted by Crippen LogP contribution is -2.42. The van der Waals surface area contributed by atoms with Crippen LogP contribution in [0.3, 0.4) is 0 Å². The Labute approximate surface area is 86.6 Å². The second-order valence-electron chi connectivity index (χ2n) is 5.45. The molecular formula is C12H22O2. The van der Waals surface area contributed by atoms with Gasteiger partial charge in [0.05, 0.1) is 5.60 Å². The summed E-state index contributed by atoms with van der Waals surface area (Å²) in [4.78, 5) is 0. The van der Waals surface area contributed by atoms with Gasteiger partial charge in [-0.2, -0.15) is 0 Å². The van der Waals surface area contributed by atoms with E-state index in [0.717, 1.165) is 19.4 Å². The molecule has 2 nitrogen and oxygen atoms in total. The molecule has 0 aromatic rings. The largest absolute Gasteiger partial charge is 0.396 e. The zero-order valence-corrected chi connectivity index (χ0v) is 9.22. The molecule has 1 aliphatic heterocycles. The highest BCUT2D eigenvalue weighted by molar-refractivity contribution is 4.95. The van der Waals surface area contributed by atoms with Crippen molar-refractivity contribution in [3.8, 4) is 0 Å². The average Bonchev–Trinajstić information content (AvgIpc) is 2.52. The summed E-state index contributed by atoms with van der Waals surface area (Å²) in [5, 5.41) is 9.07. The Morgan fingerprint density at radius 3 is 2.57 bits per heavy atom. The van der Waals surface area contributed by atoms with Crippen LogP contribution in [0.25, 0.3) is 0 Å². The van der Waals surface area contributed by atoms with Gasteiger partial charge < -0.3 is 9.84 Å². The van der Waals surface area contributed by atoms with Crippen molar-refractivity contribution in [1.82, 2.24) is 0 Å². The van der Waals surface area contributed by atoms with Gasteiger partial charge in [-0.1, -0.05) is 19.8 Å². The molecule has 0 bridgehead atoms. The normalized spacial score (nSPS) is 36.4. The molecule has 1 saturated carbocycles. The molecule has 2 aliphatic rings. The van der Waals surface area contributed by atoms with E-state index < -0.39 is 0 Å². The van der Waals surface area contributed by atoms with Crippen LogP contribution in [0.5, 0.6) is 0 Å². The van der Waals surface area contributed by atoms with Crippen molar-refractivity contribution in [2.75, 3.05) is 13.2 Å². The number of rotatable bonds is 2. The minimum atomic E-state index is 0.197. The Bertz CT molecular complexity index is 192. The van der Waals surface area contributed by atoms with Crippen LogP contribution >= 0.6 is 0 Å². The van der Waals surface area contributed by atoms with E-state index in [0.29, 0.717) is 12.0 Å². The highest BCUT2D eigenvalue weighted by Gasteiger charge is 2.44. The SMILES string of the molecule is CC1(CCO)CCOC2(CCCC2)C1. The van der Waals surface area contributed by atoms with Crippen LogP contribution in [0.15, 0.2) is 0 Å². The zero-order valence-electron chi connectivity index (χ0n) is 9.22. The second kappa shape index (κ2) is 3.82. The molecule has 1 saturated heterocycles. The van der Waals surface area contributed by atoms with E-state index in [1.807, 2.05) is 0 Å². The van der Waals surface area contributed by atoms with Gasteiger partial charge >= 0.3 is 0 Å². The Kier molecular flexibility index (Phi) is 2.85. The van der Waals surface area contributed by atoms with E-state index in [-0.39, 0.29) is 5.60 Å². The zero-order chi connectivity index (χ0) is 10.1. The molecule has 1 unspecified atom stereocenters. The van der Waals surface area contributed by atoms with Crippen molar-refractivity contribution in [3.63, 3.8) is 0 Å². The molecule has 1 atom stereocenters. The van der Waals surface area contributed by atoms with Gasteiger partial charge in [-0.05, 0) is 37.5 Å². The molecule has 2 heteroatoms. The van der Waals surface area contributed by atoms with Crippen LogP contribution in [0.1, 0.15) is 51.9 Å². The van der Waals surface area contributed by atoms with Crippen molar-refractivity contribution < 1.29 is 9.84 Å². The minimum absolute atomic E-state index is 0.197. The van der Waals surface area contributed by atoms with Crippen molar-refractivity contribution in [2.45, 2.75) is 57.5 Å². The van der Waals surface area contributed by atoms with Crippen LogP contribution in [-0.4, -0.2) is 23.9 Å². The van der Waals surface area contributed by atoms with Crippen molar-refractivity contribution in [1.29, 1.82) is 0 Å². The summed E-state index contributed by atoms with van der Waals surface area (Å²) < 4.78 is 5.99. The van der Waals surface area contributed by atoms with E-state index in [4.69, 9.17) is 9.84 Å². The molecule has 2 rings (SSSR count). The van der Waals surface area contributed by atoms with Gasteiger partial charge in [-0.15, -0.1) is 0 Å². The van der Waals surface area contributed by atoms with Gasteiger partial charge in [-0.25, -0.2) is 0 Å². The second-order valence-corrected chi connectivity index (χ2v) is 5.45. The lowest BCUT2D eigenvalue weighted by atomic mass is 9.72. The van der Waals surface area contributed by atoms with Crippen LogP contribution in [0.4, 0.5) is 0 Å². The van der Waals surface area contributed by atoms with Gasteiger partial charge in [0.1, 0.15) is 0 Å². The monoisotopic (exact) mass is 198 g/mol. The highest BCUT2D eigenvalue weighted by atomic mass is 16.5. The Hall–Kier alpha value is -0.0800. The molecule has 1 N–H and O–H groups in total. The van der Waals surface area contributed by atoms with Gasteiger partial charge in [0, 0.05) is 13.2 Å². The number of aliphatic hydroxyl groups excluding tert-OH is 1. The van der Waals surface area contributed by atoms with Gasteiger partial charge in [0.25, 0.3) is 0 Å². The third-order valence-electron chi connectivity index (χ3n) is 4.09. The predicted molar refractivity (Wildman–Crippen MR) is 56.2 cm³/mol. The van der Waals surface area contributed by atoms with E-state index >= 15 is 0 Å². The Balaban J connectivity index is 2.02. The van der Waals surface area contributed by atoms with E-state index in [1.54, 1.807) is 0 Å². The van der Waals surface area contributed by atoms with Gasteiger partial charge in [0.15, 0.2) is 0 Å². The molecule has 1 aliphatic carbocycles. The van der Waals surface area contributed by atoms with Crippen molar-refractivity contribution in [2.24, 2.45) is 5.41 Å². The quantitative estimate of drug-likeness (QED) is 0.738. The van der Waals surface area contributed by atoms with Gasteiger partial charge in [-0.3, -0.25) is 0 Å².